The van der Waals surface area contributed by atoms with Gasteiger partial charge in [0.25, 0.3) is 5.91 Å². The van der Waals surface area contributed by atoms with Gasteiger partial charge >= 0.3 is 5.97 Å². The average Bonchev–Trinajstić information content (AvgIpc) is 2.70. The van der Waals surface area contributed by atoms with E-state index in [0.717, 1.165) is 5.56 Å². The third kappa shape index (κ3) is 4.48. The molecule has 9 heteroatoms. The zero-order valence-electron chi connectivity index (χ0n) is 15.7. The van der Waals surface area contributed by atoms with Crippen LogP contribution >= 0.6 is 0 Å². The predicted octanol–water partition coefficient (Wildman–Crippen LogP) is 1.50. The number of benzene rings is 1. The summed E-state index contributed by atoms with van der Waals surface area (Å²) in [5, 5.41) is 2.88. The molecular weight excluding hydrogens is 364 g/mol. The summed E-state index contributed by atoms with van der Waals surface area (Å²) in [5.41, 5.74) is 6.33. The molecular formula is C19H22N4O5. The van der Waals surface area contributed by atoms with Crippen molar-refractivity contribution in [2.24, 2.45) is 5.92 Å². The molecule has 0 spiro atoms. The van der Waals surface area contributed by atoms with Crippen molar-refractivity contribution in [3.05, 3.63) is 41.9 Å². The maximum Gasteiger partial charge on any atom is 0.361 e. The average molecular weight is 386 g/mol. The fourth-order valence-electron chi connectivity index (χ4n) is 2.81. The van der Waals surface area contributed by atoms with Crippen LogP contribution in [-0.4, -0.2) is 41.7 Å². The maximum atomic E-state index is 12.3. The van der Waals surface area contributed by atoms with Gasteiger partial charge in [-0.15, -0.1) is 0 Å². The summed E-state index contributed by atoms with van der Waals surface area (Å²) in [4.78, 5) is 31.9. The van der Waals surface area contributed by atoms with E-state index in [0.29, 0.717) is 24.7 Å². The molecule has 28 heavy (non-hydrogen) atoms. The molecule has 0 aliphatic carbocycles. The van der Waals surface area contributed by atoms with Crippen LogP contribution in [0, 0.1) is 5.92 Å². The summed E-state index contributed by atoms with van der Waals surface area (Å²) >= 11 is 0. The Morgan fingerprint density at radius 3 is 2.61 bits per heavy atom. The number of nitrogens with zero attached hydrogens (tertiary/aromatic N) is 2. The van der Waals surface area contributed by atoms with Crippen LogP contribution in [0.2, 0.25) is 0 Å². The van der Waals surface area contributed by atoms with Crippen LogP contribution in [0.3, 0.4) is 0 Å². The van der Waals surface area contributed by atoms with Gasteiger partial charge in [-0.3, -0.25) is 4.79 Å². The smallest absolute Gasteiger partial charge is 0.361 e. The molecule has 1 aromatic carbocycles. The number of aromatic nitrogens is 2. The number of anilines is 1. The lowest BCUT2D eigenvalue weighted by atomic mass is 9.95. The van der Waals surface area contributed by atoms with E-state index >= 15 is 0 Å². The summed E-state index contributed by atoms with van der Waals surface area (Å²) in [6.45, 7) is 4.50. The standard InChI is InChI=1S/C19H22N4O5/c1-11(2)16(12-3-4-13-14(9-12)27-8-7-26-13)23-15(24)10-28-19(25)17-18(20)22-6-5-21-17/h3-6,9,11,16H,7-8,10H2,1-2H3,(H2,20,22)(H,23,24)/t16-/m0/s1. The molecule has 1 amide bonds. The number of fused-ring (bicyclic) bond motifs is 1. The number of hydrogen-bond donors (Lipinski definition) is 2. The normalized spacial score (nSPS) is 13.7. The summed E-state index contributed by atoms with van der Waals surface area (Å²) in [6, 6.07) is 5.27. The first-order chi connectivity index (χ1) is 13.5. The van der Waals surface area contributed by atoms with Crippen molar-refractivity contribution in [2.75, 3.05) is 25.6 Å². The number of nitrogens with two attached hydrogens (primary N) is 1. The van der Waals surface area contributed by atoms with Crippen molar-refractivity contribution >= 4 is 17.7 Å². The Labute approximate surface area is 162 Å². The highest BCUT2D eigenvalue weighted by molar-refractivity contribution is 5.93. The first kappa shape index (κ1) is 19.4. The lowest BCUT2D eigenvalue weighted by molar-refractivity contribution is -0.125. The Bertz CT molecular complexity index is 871. The molecule has 1 aliphatic heterocycles. The third-order valence-electron chi connectivity index (χ3n) is 4.16. The topological polar surface area (TPSA) is 126 Å². The van der Waals surface area contributed by atoms with Crippen LogP contribution in [0.15, 0.2) is 30.6 Å². The Kier molecular flexibility index (Phi) is 5.93. The van der Waals surface area contributed by atoms with Crippen LogP contribution in [0.5, 0.6) is 11.5 Å². The van der Waals surface area contributed by atoms with E-state index in [9.17, 15) is 9.59 Å². The van der Waals surface area contributed by atoms with E-state index in [-0.39, 0.29) is 23.5 Å². The zero-order valence-corrected chi connectivity index (χ0v) is 15.7. The lowest BCUT2D eigenvalue weighted by Gasteiger charge is -2.25. The number of esters is 1. The largest absolute Gasteiger partial charge is 0.486 e. The van der Waals surface area contributed by atoms with E-state index in [1.54, 1.807) is 0 Å². The third-order valence-corrected chi connectivity index (χ3v) is 4.16. The fraction of sp³-hybridized carbons (Fsp3) is 0.368. The number of carbonyl (C=O) groups is 2. The van der Waals surface area contributed by atoms with Gasteiger partial charge < -0.3 is 25.3 Å². The molecule has 1 aromatic heterocycles. The lowest BCUT2D eigenvalue weighted by Crippen LogP contribution is -2.35. The highest BCUT2D eigenvalue weighted by Gasteiger charge is 2.22. The van der Waals surface area contributed by atoms with Crippen LogP contribution in [-0.2, 0) is 9.53 Å². The molecule has 148 valence electrons. The molecule has 2 aromatic rings. The summed E-state index contributed by atoms with van der Waals surface area (Å²) in [5.74, 6) is 0.125. The van der Waals surface area contributed by atoms with E-state index in [4.69, 9.17) is 19.9 Å². The minimum atomic E-state index is -0.804. The fourth-order valence-corrected chi connectivity index (χ4v) is 2.81. The van der Waals surface area contributed by atoms with Gasteiger partial charge in [0.2, 0.25) is 0 Å². The number of hydrogen-bond acceptors (Lipinski definition) is 8. The van der Waals surface area contributed by atoms with Crippen molar-refractivity contribution in [2.45, 2.75) is 19.9 Å². The van der Waals surface area contributed by atoms with Crippen molar-refractivity contribution < 1.29 is 23.8 Å². The Balaban J connectivity index is 1.63. The van der Waals surface area contributed by atoms with Gasteiger partial charge in [0, 0.05) is 12.4 Å². The molecule has 1 aliphatic rings. The van der Waals surface area contributed by atoms with E-state index in [1.807, 2.05) is 32.0 Å². The van der Waals surface area contributed by atoms with Crippen molar-refractivity contribution in [1.29, 1.82) is 0 Å². The van der Waals surface area contributed by atoms with E-state index in [2.05, 4.69) is 15.3 Å². The second-order valence-electron chi connectivity index (χ2n) is 6.56. The molecule has 2 heterocycles. The molecule has 3 rings (SSSR count). The Hall–Kier alpha value is -3.36. The van der Waals surface area contributed by atoms with Crippen LogP contribution < -0.4 is 20.5 Å². The molecule has 0 saturated heterocycles. The van der Waals surface area contributed by atoms with E-state index in [1.165, 1.54) is 12.4 Å². The zero-order chi connectivity index (χ0) is 20.1. The minimum absolute atomic E-state index is 0.0516. The van der Waals surface area contributed by atoms with E-state index < -0.39 is 18.5 Å². The van der Waals surface area contributed by atoms with Gasteiger partial charge in [-0.05, 0) is 23.6 Å². The molecule has 3 N–H and O–H groups in total. The van der Waals surface area contributed by atoms with Gasteiger partial charge in [0.05, 0.1) is 6.04 Å². The summed E-state index contributed by atoms with van der Waals surface area (Å²) in [6.07, 6.45) is 2.68. The van der Waals surface area contributed by atoms with Gasteiger partial charge in [0.1, 0.15) is 13.2 Å². The molecule has 0 saturated carbocycles. The molecule has 1 atom stereocenters. The SMILES string of the molecule is CC(C)[C@H](NC(=O)COC(=O)c1nccnc1N)c1ccc2c(c1)OCCO2. The second kappa shape index (κ2) is 8.55. The van der Waals surface area contributed by atoms with Crippen molar-refractivity contribution in [3.63, 3.8) is 0 Å². The van der Waals surface area contributed by atoms with Gasteiger partial charge in [-0.2, -0.15) is 0 Å². The number of rotatable bonds is 6. The predicted molar refractivity (Wildman–Crippen MR) is 99.9 cm³/mol. The number of carbonyl (C=O) groups excluding carboxylic acids is 2. The number of ether oxygens (including phenoxy) is 3. The second-order valence-corrected chi connectivity index (χ2v) is 6.56. The van der Waals surface area contributed by atoms with Crippen LogP contribution in [0.4, 0.5) is 5.82 Å². The highest BCUT2D eigenvalue weighted by atomic mass is 16.6. The van der Waals surface area contributed by atoms with Crippen LogP contribution in [0.25, 0.3) is 0 Å². The summed E-state index contributed by atoms with van der Waals surface area (Å²) in [7, 11) is 0. The first-order valence-corrected chi connectivity index (χ1v) is 8.88. The Morgan fingerprint density at radius 1 is 1.18 bits per heavy atom. The Morgan fingerprint density at radius 2 is 1.89 bits per heavy atom. The number of amides is 1. The van der Waals surface area contributed by atoms with Crippen LogP contribution in [0.1, 0.15) is 35.9 Å². The van der Waals surface area contributed by atoms with Gasteiger partial charge in [0.15, 0.2) is 29.6 Å². The van der Waals surface area contributed by atoms with Gasteiger partial charge in [-0.1, -0.05) is 19.9 Å². The highest BCUT2D eigenvalue weighted by Crippen LogP contribution is 2.34. The maximum absolute atomic E-state index is 12.3. The van der Waals surface area contributed by atoms with Gasteiger partial charge in [-0.25, -0.2) is 14.8 Å². The molecule has 9 nitrogen and oxygen atoms in total. The molecule has 0 fully saturated rings. The minimum Gasteiger partial charge on any atom is -0.486 e. The molecule has 0 radical (unpaired) electrons. The summed E-state index contributed by atoms with van der Waals surface area (Å²) < 4.78 is 16.1. The van der Waals surface area contributed by atoms with Crippen molar-refractivity contribution in [1.82, 2.24) is 15.3 Å². The van der Waals surface area contributed by atoms with Crippen molar-refractivity contribution in [3.8, 4) is 11.5 Å². The quantitative estimate of drug-likeness (QED) is 0.716. The number of nitrogen functional groups attached to an aromatic ring is 1. The molecule has 0 unspecified atom stereocenters. The number of nitrogens with one attached hydrogen (secondary N) is 1. The monoisotopic (exact) mass is 386 g/mol. The first-order valence-electron chi connectivity index (χ1n) is 8.88. The molecule has 0 bridgehead atoms.